The van der Waals surface area contributed by atoms with Crippen LogP contribution in [0.3, 0.4) is 0 Å². The number of nitro groups is 1. The van der Waals surface area contributed by atoms with E-state index < -0.39 is 4.92 Å². The van der Waals surface area contributed by atoms with Crippen LogP contribution >= 0.6 is 0 Å². The quantitative estimate of drug-likeness (QED) is 0.595. The van der Waals surface area contributed by atoms with E-state index in [0.717, 1.165) is 36.7 Å². The molecule has 2 aromatic carbocycles. The zero-order valence-electron chi connectivity index (χ0n) is 15.4. The van der Waals surface area contributed by atoms with Crippen molar-refractivity contribution < 1.29 is 19.2 Å². The number of hydrogen-bond donors (Lipinski definition) is 0. The highest BCUT2D eigenvalue weighted by Crippen LogP contribution is 2.31. The van der Waals surface area contributed by atoms with Crippen LogP contribution in [-0.4, -0.2) is 60.0 Å². The van der Waals surface area contributed by atoms with Crippen molar-refractivity contribution in [3.8, 4) is 11.5 Å². The molecule has 0 saturated carbocycles. The molecule has 2 aliphatic heterocycles. The molecule has 146 valence electrons. The lowest BCUT2D eigenvalue weighted by molar-refractivity contribution is -0.384. The van der Waals surface area contributed by atoms with Crippen LogP contribution in [0.2, 0.25) is 0 Å². The number of rotatable bonds is 4. The fourth-order valence-corrected chi connectivity index (χ4v) is 3.46. The topological polar surface area (TPSA) is 85.2 Å². The van der Waals surface area contributed by atoms with Gasteiger partial charge < -0.3 is 14.4 Å². The van der Waals surface area contributed by atoms with Gasteiger partial charge in [0, 0.05) is 50.4 Å². The van der Waals surface area contributed by atoms with Gasteiger partial charge in [-0.15, -0.1) is 0 Å². The molecule has 0 unspecified atom stereocenters. The molecule has 0 radical (unpaired) electrons. The molecule has 0 aliphatic carbocycles. The third kappa shape index (κ3) is 3.91. The summed E-state index contributed by atoms with van der Waals surface area (Å²) in [5.41, 5.74) is 1.62. The molecule has 28 heavy (non-hydrogen) atoms. The largest absolute Gasteiger partial charge is 0.486 e. The number of amides is 1. The van der Waals surface area contributed by atoms with Gasteiger partial charge in [0.1, 0.15) is 13.2 Å². The van der Waals surface area contributed by atoms with E-state index in [2.05, 4.69) is 4.90 Å². The highest BCUT2D eigenvalue weighted by Gasteiger charge is 2.23. The average Bonchev–Trinajstić information content (AvgIpc) is 2.74. The normalized spacial score (nSPS) is 16.6. The van der Waals surface area contributed by atoms with Crippen molar-refractivity contribution >= 4 is 11.6 Å². The summed E-state index contributed by atoms with van der Waals surface area (Å²) in [7, 11) is 0. The summed E-state index contributed by atoms with van der Waals surface area (Å²) in [6.45, 7) is 4.73. The molecule has 8 heteroatoms. The van der Waals surface area contributed by atoms with E-state index in [1.54, 1.807) is 4.90 Å². The van der Waals surface area contributed by atoms with E-state index in [-0.39, 0.29) is 11.6 Å². The van der Waals surface area contributed by atoms with Gasteiger partial charge in [0.15, 0.2) is 11.5 Å². The van der Waals surface area contributed by atoms with Crippen LogP contribution < -0.4 is 9.47 Å². The maximum absolute atomic E-state index is 12.6. The first-order valence-electron chi connectivity index (χ1n) is 9.25. The van der Waals surface area contributed by atoms with E-state index in [1.165, 1.54) is 24.3 Å². The van der Waals surface area contributed by atoms with Gasteiger partial charge in [-0.05, 0) is 29.8 Å². The summed E-state index contributed by atoms with van der Waals surface area (Å²) in [6, 6.07) is 11.8. The fraction of sp³-hybridized carbons (Fsp3) is 0.350. The molecule has 0 spiro atoms. The Labute approximate surface area is 162 Å². The van der Waals surface area contributed by atoms with Crippen LogP contribution in [-0.2, 0) is 6.54 Å². The average molecular weight is 383 g/mol. The molecular formula is C20H21N3O5. The Kier molecular flexibility index (Phi) is 5.12. The summed E-state index contributed by atoms with van der Waals surface area (Å²) >= 11 is 0. The summed E-state index contributed by atoms with van der Waals surface area (Å²) in [6.07, 6.45) is 0. The lowest BCUT2D eigenvalue weighted by Crippen LogP contribution is -2.48. The van der Waals surface area contributed by atoms with Gasteiger partial charge in [0.2, 0.25) is 0 Å². The highest BCUT2D eigenvalue weighted by atomic mass is 16.6. The van der Waals surface area contributed by atoms with Gasteiger partial charge in [-0.25, -0.2) is 0 Å². The maximum Gasteiger partial charge on any atom is 0.269 e. The van der Waals surface area contributed by atoms with Gasteiger partial charge >= 0.3 is 0 Å². The minimum absolute atomic E-state index is 0.0131. The summed E-state index contributed by atoms with van der Waals surface area (Å²) in [4.78, 5) is 27.0. The van der Waals surface area contributed by atoms with Crippen LogP contribution in [0.4, 0.5) is 5.69 Å². The molecule has 1 amide bonds. The van der Waals surface area contributed by atoms with Crippen molar-refractivity contribution in [3.05, 3.63) is 63.7 Å². The predicted octanol–water partition coefficient (Wildman–Crippen LogP) is 2.32. The number of nitro benzene ring substituents is 1. The van der Waals surface area contributed by atoms with Crippen molar-refractivity contribution in [2.45, 2.75) is 6.54 Å². The summed E-state index contributed by atoms with van der Waals surface area (Å²) in [5.74, 6) is 1.48. The lowest BCUT2D eigenvalue weighted by atomic mass is 10.1. The first kappa shape index (κ1) is 18.2. The second kappa shape index (κ2) is 7.85. The fourth-order valence-electron chi connectivity index (χ4n) is 3.46. The Morgan fingerprint density at radius 3 is 2.32 bits per heavy atom. The molecule has 2 aromatic rings. The third-order valence-electron chi connectivity index (χ3n) is 5.00. The van der Waals surface area contributed by atoms with E-state index in [0.29, 0.717) is 31.9 Å². The first-order chi connectivity index (χ1) is 13.6. The first-order valence-corrected chi connectivity index (χ1v) is 9.25. The van der Waals surface area contributed by atoms with Crippen molar-refractivity contribution in [1.82, 2.24) is 9.80 Å². The Hall–Kier alpha value is -3.13. The second-order valence-electron chi connectivity index (χ2n) is 6.85. The number of benzene rings is 2. The van der Waals surface area contributed by atoms with Gasteiger partial charge in [-0.1, -0.05) is 6.07 Å². The Bertz CT molecular complexity index is 876. The van der Waals surface area contributed by atoms with Crippen LogP contribution in [0.1, 0.15) is 15.9 Å². The van der Waals surface area contributed by atoms with E-state index in [1.807, 2.05) is 18.2 Å². The predicted molar refractivity (Wildman–Crippen MR) is 102 cm³/mol. The molecule has 4 rings (SSSR count). The SMILES string of the molecule is O=C(c1ccc([N+](=O)[O-])cc1)N1CCN(Cc2ccc3c(c2)OCCO3)CC1. The number of hydrogen-bond acceptors (Lipinski definition) is 6. The number of carbonyl (C=O) groups is 1. The smallest absolute Gasteiger partial charge is 0.269 e. The number of nitrogens with zero attached hydrogens (tertiary/aromatic N) is 3. The minimum Gasteiger partial charge on any atom is -0.486 e. The van der Waals surface area contributed by atoms with Crippen LogP contribution in [0.5, 0.6) is 11.5 Å². The Morgan fingerprint density at radius 1 is 0.964 bits per heavy atom. The number of fused-ring (bicyclic) bond motifs is 1. The standard InChI is InChI=1S/C20H21N3O5/c24-20(16-2-4-17(5-3-16)23(25)26)22-9-7-21(8-10-22)14-15-1-6-18-19(13-15)28-12-11-27-18/h1-6,13H,7-12,14H2. The molecule has 0 aromatic heterocycles. The molecule has 0 bridgehead atoms. The zero-order chi connectivity index (χ0) is 19.5. The molecule has 8 nitrogen and oxygen atoms in total. The van der Waals surface area contributed by atoms with Gasteiger partial charge in [0.05, 0.1) is 4.92 Å². The Balaban J connectivity index is 1.33. The van der Waals surface area contributed by atoms with Gasteiger partial charge in [0.25, 0.3) is 11.6 Å². The van der Waals surface area contributed by atoms with Crippen LogP contribution in [0.15, 0.2) is 42.5 Å². The van der Waals surface area contributed by atoms with E-state index in [4.69, 9.17) is 9.47 Å². The van der Waals surface area contributed by atoms with Crippen LogP contribution in [0, 0.1) is 10.1 Å². The molecule has 2 aliphatic rings. The second-order valence-corrected chi connectivity index (χ2v) is 6.85. The summed E-state index contributed by atoms with van der Waals surface area (Å²) < 4.78 is 11.2. The molecule has 0 atom stereocenters. The third-order valence-corrected chi connectivity index (χ3v) is 5.00. The van der Waals surface area contributed by atoms with Crippen molar-refractivity contribution in [2.24, 2.45) is 0 Å². The molecule has 1 fully saturated rings. The molecular weight excluding hydrogens is 362 g/mol. The number of non-ortho nitro benzene ring substituents is 1. The van der Waals surface area contributed by atoms with Crippen molar-refractivity contribution in [3.63, 3.8) is 0 Å². The zero-order valence-corrected chi connectivity index (χ0v) is 15.4. The molecule has 2 heterocycles. The van der Waals surface area contributed by atoms with E-state index in [9.17, 15) is 14.9 Å². The van der Waals surface area contributed by atoms with Crippen molar-refractivity contribution in [2.75, 3.05) is 39.4 Å². The molecule has 0 N–H and O–H groups in total. The van der Waals surface area contributed by atoms with Gasteiger partial charge in [-0.3, -0.25) is 19.8 Å². The number of piperazine rings is 1. The maximum atomic E-state index is 12.6. The number of carbonyl (C=O) groups excluding carboxylic acids is 1. The summed E-state index contributed by atoms with van der Waals surface area (Å²) in [5, 5.41) is 10.7. The Morgan fingerprint density at radius 2 is 1.64 bits per heavy atom. The molecule has 1 saturated heterocycles. The van der Waals surface area contributed by atoms with E-state index >= 15 is 0 Å². The lowest BCUT2D eigenvalue weighted by Gasteiger charge is -2.35. The highest BCUT2D eigenvalue weighted by molar-refractivity contribution is 5.94. The van der Waals surface area contributed by atoms with Crippen molar-refractivity contribution in [1.29, 1.82) is 0 Å². The minimum atomic E-state index is -0.467. The van der Waals surface area contributed by atoms with Crippen LogP contribution in [0.25, 0.3) is 0 Å². The number of ether oxygens (including phenoxy) is 2. The monoisotopic (exact) mass is 383 g/mol. The van der Waals surface area contributed by atoms with Gasteiger partial charge in [-0.2, -0.15) is 0 Å².